The SMILES string of the molecule is COCC1OC(O)C(O)C(OCC(=O)O)C1O. The molecule has 5 unspecified atom stereocenters. The van der Waals surface area contributed by atoms with Crippen molar-refractivity contribution in [1.82, 2.24) is 0 Å². The van der Waals surface area contributed by atoms with Gasteiger partial charge < -0.3 is 34.6 Å². The number of aliphatic hydroxyl groups excluding tert-OH is 3. The summed E-state index contributed by atoms with van der Waals surface area (Å²) >= 11 is 0. The molecule has 1 rings (SSSR count). The molecule has 1 aliphatic rings. The van der Waals surface area contributed by atoms with Crippen molar-refractivity contribution in [2.75, 3.05) is 20.3 Å². The Kier molecular flexibility index (Phi) is 5.25. The Morgan fingerprint density at radius 3 is 2.47 bits per heavy atom. The lowest BCUT2D eigenvalue weighted by atomic mass is 9.99. The average molecular weight is 252 g/mol. The first kappa shape index (κ1) is 14.3. The van der Waals surface area contributed by atoms with Gasteiger partial charge in [0.1, 0.15) is 31.0 Å². The number of carboxylic acid groups (broad SMARTS) is 1. The van der Waals surface area contributed by atoms with Crippen LogP contribution < -0.4 is 0 Å². The van der Waals surface area contributed by atoms with E-state index in [0.29, 0.717) is 0 Å². The van der Waals surface area contributed by atoms with Gasteiger partial charge >= 0.3 is 5.97 Å². The fourth-order valence-electron chi connectivity index (χ4n) is 1.58. The topological polar surface area (TPSA) is 126 Å². The molecule has 0 bridgehead atoms. The summed E-state index contributed by atoms with van der Waals surface area (Å²) in [5.41, 5.74) is 0. The Morgan fingerprint density at radius 1 is 1.29 bits per heavy atom. The van der Waals surface area contributed by atoms with Gasteiger partial charge in [0.05, 0.1) is 6.61 Å². The van der Waals surface area contributed by atoms with Crippen LogP contribution >= 0.6 is 0 Å². The van der Waals surface area contributed by atoms with E-state index in [2.05, 4.69) is 0 Å². The van der Waals surface area contributed by atoms with E-state index in [1.807, 2.05) is 0 Å². The van der Waals surface area contributed by atoms with Gasteiger partial charge in [-0.1, -0.05) is 0 Å². The fourth-order valence-corrected chi connectivity index (χ4v) is 1.58. The number of hydrogen-bond acceptors (Lipinski definition) is 7. The normalized spacial score (nSPS) is 38.0. The van der Waals surface area contributed by atoms with Crippen molar-refractivity contribution in [3.05, 3.63) is 0 Å². The molecule has 0 aliphatic carbocycles. The van der Waals surface area contributed by atoms with Gasteiger partial charge in [0, 0.05) is 7.11 Å². The summed E-state index contributed by atoms with van der Waals surface area (Å²) in [5.74, 6) is -1.24. The van der Waals surface area contributed by atoms with E-state index in [4.69, 9.17) is 19.3 Å². The van der Waals surface area contributed by atoms with Crippen molar-refractivity contribution in [3.63, 3.8) is 0 Å². The summed E-state index contributed by atoms with van der Waals surface area (Å²) in [7, 11) is 1.38. The molecule has 0 aromatic rings. The van der Waals surface area contributed by atoms with E-state index >= 15 is 0 Å². The molecule has 0 saturated carbocycles. The van der Waals surface area contributed by atoms with Crippen LogP contribution in [-0.4, -0.2) is 77.4 Å². The molecule has 0 amide bonds. The predicted octanol–water partition coefficient (Wildman–Crippen LogP) is -2.46. The number of carbonyl (C=O) groups is 1. The molecule has 1 fully saturated rings. The molecule has 100 valence electrons. The van der Waals surface area contributed by atoms with Crippen LogP contribution in [0.2, 0.25) is 0 Å². The summed E-state index contributed by atoms with van der Waals surface area (Å²) in [6.07, 6.45) is -6.49. The van der Waals surface area contributed by atoms with E-state index in [9.17, 15) is 20.1 Å². The second kappa shape index (κ2) is 6.24. The monoisotopic (exact) mass is 252 g/mol. The predicted molar refractivity (Wildman–Crippen MR) is 52.1 cm³/mol. The number of hydrogen-bond donors (Lipinski definition) is 4. The largest absolute Gasteiger partial charge is 0.480 e. The summed E-state index contributed by atoms with van der Waals surface area (Å²) in [6, 6.07) is 0. The van der Waals surface area contributed by atoms with E-state index in [-0.39, 0.29) is 6.61 Å². The number of ether oxygens (including phenoxy) is 3. The fraction of sp³-hybridized carbons (Fsp3) is 0.889. The molecule has 4 N–H and O–H groups in total. The second-order valence-electron chi connectivity index (χ2n) is 3.67. The van der Waals surface area contributed by atoms with Gasteiger partial charge in [-0.3, -0.25) is 0 Å². The van der Waals surface area contributed by atoms with Gasteiger partial charge in [-0.2, -0.15) is 0 Å². The highest BCUT2D eigenvalue weighted by atomic mass is 16.7. The summed E-state index contributed by atoms with van der Waals surface area (Å²) in [5, 5.41) is 37.1. The van der Waals surface area contributed by atoms with Gasteiger partial charge in [-0.15, -0.1) is 0 Å². The molecule has 8 nitrogen and oxygen atoms in total. The number of carboxylic acids is 1. The quantitative estimate of drug-likeness (QED) is 0.424. The number of aliphatic carboxylic acids is 1. The first-order valence-corrected chi connectivity index (χ1v) is 4.99. The molecule has 1 saturated heterocycles. The lowest BCUT2D eigenvalue weighted by Crippen LogP contribution is -2.59. The molecular weight excluding hydrogens is 236 g/mol. The van der Waals surface area contributed by atoms with Crippen LogP contribution in [0, 0.1) is 0 Å². The molecule has 5 atom stereocenters. The third-order valence-corrected chi connectivity index (χ3v) is 2.39. The van der Waals surface area contributed by atoms with Crippen LogP contribution in [0.5, 0.6) is 0 Å². The maximum atomic E-state index is 10.3. The molecular formula is C9H16O8. The first-order valence-electron chi connectivity index (χ1n) is 4.99. The Labute approximate surface area is 97.3 Å². The van der Waals surface area contributed by atoms with Gasteiger partial charge in [0.15, 0.2) is 6.29 Å². The smallest absolute Gasteiger partial charge is 0.329 e. The molecule has 0 aromatic carbocycles. The van der Waals surface area contributed by atoms with Crippen molar-refractivity contribution >= 4 is 5.97 Å². The highest BCUT2D eigenvalue weighted by molar-refractivity contribution is 5.68. The Morgan fingerprint density at radius 2 is 1.94 bits per heavy atom. The average Bonchev–Trinajstić information content (AvgIpc) is 2.26. The second-order valence-corrected chi connectivity index (χ2v) is 3.67. The van der Waals surface area contributed by atoms with Crippen LogP contribution in [0.1, 0.15) is 0 Å². The van der Waals surface area contributed by atoms with Crippen LogP contribution in [0.15, 0.2) is 0 Å². The van der Waals surface area contributed by atoms with Gasteiger partial charge in [-0.05, 0) is 0 Å². The zero-order valence-corrected chi connectivity index (χ0v) is 9.22. The van der Waals surface area contributed by atoms with Crippen LogP contribution in [0.3, 0.4) is 0 Å². The highest BCUT2D eigenvalue weighted by Gasteiger charge is 2.44. The van der Waals surface area contributed by atoms with Gasteiger partial charge in [-0.25, -0.2) is 4.79 Å². The van der Waals surface area contributed by atoms with Crippen molar-refractivity contribution in [3.8, 4) is 0 Å². The minimum absolute atomic E-state index is 0.0160. The maximum Gasteiger partial charge on any atom is 0.329 e. The minimum atomic E-state index is -1.56. The van der Waals surface area contributed by atoms with E-state index in [1.54, 1.807) is 0 Å². The first-order chi connectivity index (χ1) is 7.97. The summed E-state index contributed by atoms with van der Waals surface area (Å²) in [6.45, 7) is -0.705. The molecule has 8 heteroatoms. The Hall–Kier alpha value is -0.770. The molecule has 1 heterocycles. The lowest BCUT2D eigenvalue weighted by Gasteiger charge is -2.40. The molecule has 0 radical (unpaired) electrons. The van der Waals surface area contributed by atoms with Gasteiger partial charge in [0.25, 0.3) is 0 Å². The standard InChI is InChI=1S/C9H16O8/c1-15-2-4-6(12)8(16-3-5(10)11)7(13)9(14)17-4/h4,6-9,12-14H,2-3H2,1H3,(H,10,11). The third kappa shape index (κ3) is 3.60. The van der Waals surface area contributed by atoms with Crippen molar-refractivity contribution < 1.29 is 39.4 Å². The molecule has 0 spiro atoms. The summed E-state index contributed by atoms with van der Waals surface area (Å²) in [4.78, 5) is 10.3. The molecule has 17 heavy (non-hydrogen) atoms. The van der Waals surface area contributed by atoms with Crippen LogP contribution in [-0.2, 0) is 19.0 Å². The van der Waals surface area contributed by atoms with E-state index < -0.39 is 43.3 Å². The van der Waals surface area contributed by atoms with E-state index in [1.165, 1.54) is 7.11 Å². The van der Waals surface area contributed by atoms with Crippen molar-refractivity contribution in [1.29, 1.82) is 0 Å². The molecule has 0 aromatic heterocycles. The van der Waals surface area contributed by atoms with Crippen molar-refractivity contribution in [2.45, 2.75) is 30.7 Å². The summed E-state index contributed by atoms with van der Waals surface area (Å²) < 4.78 is 14.5. The van der Waals surface area contributed by atoms with Crippen molar-refractivity contribution in [2.24, 2.45) is 0 Å². The third-order valence-electron chi connectivity index (χ3n) is 2.39. The lowest BCUT2D eigenvalue weighted by molar-refractivity contribution is -0.294. The maximum absolute atomic E-state index is 10.3. The Balaban J connectivity index is 2.65. The Bertz CT molecular complexity index is 257. The minimum Gasteiger partial charge on any atom is -0.480 e. The molecule has 1 aliphatic heterocycles. The van der Waals surface area contributed by atoms with E-state index in [0.717, 1.165) is 0 Å². The number of methoxy groups -OCH3 is 1. The highest BCUT2D eigenvalue weighted by Crippen LogP contribution is 2.22. The zero-order chi connectivity index (χ0) is 13.0. The van der Waals surface area contributed by atoms with Crippen LogP contribution in [0.25, 0.3) is 0 Å². The van der Waals surface area contributed by atoms with Crippen LogP contribution in [0.4, 0.5) is 0 Å². The zero-order valence-electron chi connectivity index (χ0n) is 9.22. The number of rotatable bonds is 5. The number of aliphatic hydroxyl groups is 3. The van der Waals surface area contributed by atoms with Gasteiger partial charge in [0.2, 0.25) is 0 Å².